The quantitative estimate of drug-likeness (QED) is 0.929. The number of urea groups is 1. The summed E-state index contributed by atoms with van der Waals surface area (Å²) in [5, 5.41) is 7.61. The molecule has 1 aliphatic rings. The van der Waals surface area contributed by atoms with E-state index >= 15 is 0 Å². The minimum absolute atomic E-state index is 0.0710. The van der Waals surface area contributed by atoms with E-state index in [1.165, 1.54) is 11.3 Å². The SMILES string of the molecule is Cc1nn(C)c(C)c1C[C@H](C)NC(=O)N1CCSCC[C@@H]1C. The van der Waals surface area contributed by atoms with Gasteiger partial charge in [-0.15, -0.1) is 0 Å². The van der Waals surface area contributed by atoms with Crippen molar-refractivity contribution in [1.29, 1.82) is 0 Å². The fourth-order valence-corrected chi connectivity index (χ4v) is 4.00. The molecule has 2 amide bonds. The van der Waals surface area contributed by atoms with Crippen LogP contribution in [0.15, 0.2) is 0 Å². The highest BCUT2D eigenvalue weighted by Crippen LogP contribution is 2.17. The Balaban J connectivity index is 1.96. The van der Waals surface area contributed by atoms with Gasteiger partial charge in [0.2, 0.25) is 0 Å². The summed E-state index contributed by atoms with van der Waals surface area (Å²) in [5.41, 5.74) is 3.48. The number of carbonyl (C=O) groups is 1. The first-order valence-corrected chi connectivity index (χ1v) is 9.19. The summed E-state index contributed by atoms with van der Waals surface area (Å²) in [6.45, 7) is 9.17. The van der Waals surface area contributed by atoms with Gasteiger partial charge < -0.3 is 10.2 Å². The highest BCUT2D eigenvalue weighted by atomic mass is 32.2. The number of thioether (sulfide) groups is 1. The lowest BCUT2D eigenvalue weighted by Gasteiger charge is -2.28. The number of hydrogen-bond acceptors (Lipinski definition) is 3. The van der Waals surface area contributed by atoms with E-state index in [0.29, 0.717) is 6.04 Å². The highest BCUT2D eigenvalue weighted by molar-refractivity contribution is 7.99. The maximum Gasteiger partial charge on any atom is 0.317 e. The molecule has 0 spiro atoms. The van der Waals surface area contributed by atoms with Crippen LogP contribution in [0.1, 0.15) is 37.2 Å². The zero-order chi connectivity index (χ0) is 16.3. The van der Waals surface area contributed by atoms with E-state index < -0.39 is 0 Å². The van der Waals surface area contributed by atoms with Crippen LogP contribution < -0.4 is 5.32 Å². The Morgan fingerprint density at radius 3 is 2.82 bits per heavy atom. The Hall–Kier alpha value is -1.17. The number of aromatic nitrogens is 2. The lowest BCUT2D eigenvalue weighted by atomic mass is 10.1. The smallest absolute Gasteiger partial charge is 0.317 e. The maximum atomic E-state index is 12.5. The van der Waals surface area contributed by atoms with Crippen LogP contribution in [-0.4, -0.2) is 50.8 Å². The maximum absolute atomic E-state index is 12.5. The van der Waals surface area contributed by atoms with Crippen molar-refractivity contribution in [1.82, 2.24) is 20.0 Å². The fraction of sp³-hybridized carbons (Fsp3) is 0.750. The molecule has 0 aliphatic carbocycles. The van der Waals surface area contributed by atoms with Gasteiger partial charge in [0, 0.05) is 37.1 Å². The van der Waals surface area contributed by atoms with Crippen molar-refractivity contribution in [3.63, 3.8) is 0 Å². The van der Waals surface area contributed by atoms with Gasteiger partial charge in [-0.3, -0.25) is 4.68 Å². The number of nitrogens with one attached hydrogen (secondary N) is 1. The molecule has 1 aromatic rings. The van der Waals surface area contributed by atoms with Gasteiger partial charge in [0.25, 0.3) is 0 Å². The summed E-state index contributed by atoms with van der Waals surface area (Å²) in [7, 11) is 1.96. The van der Waals surface area contributed by atoms with Gasteiger partial charge in [0.15, 0.2) is 0 Å². The van der Waals surface area contributed by atoms with Gasteiger partial charge in [0.1, 0.15) is 0 Å². The second-order valence-electron chi connectivity index (χ2n) is 6.27. The normalized spacial score (nSPS) is 20.6. The Morgan fingerprint density at radius 1 is 1.45 bits per heavy atom. The van der Waals surface area contributed by atoms with E-state index in [9.17, 15) is 4.79 Å². The summed E-state index contributed by atoms with van der Waals surface area (Å²) in [6, 6.07) is 0.503. The molecule has 2 atom stereocenters. The van der Waals surface area contributed by atoms with Crippen LogP contribution in [0.2, 0.25) is 0 Å². The first kappa shape index (κ1) is 17.2. The van der Waals surface area contributed by atoms with E-state index in [4.69, 9.17) is 0 Å². The van der Waals surface area contributed by atoms with Crippen molar-refractivity contribution in [3.05, 3.63) is 17.0 Å². The molecule has 0 radical (unpaired) electrons. The number of hydrogen-bond donors (Lipinski definition) is 1. The average Bonchev–Trinajstić information content (AvgIpc) is 2.64. The molecule has 0 aromatic carbocycles. The minimum Gasteiger partial charge on any atom is -0.335 e. The van der Waals surface area contributed by atoms with Crippen LogP contribution in [0, 0.1) is 13.8 Å². The summed E-state index contributed by atoms with van der Waals surface area (Å²) in [4.78, 5) is 14.5. The third kappa shape index (κ3) is 3.97. The Labute approximate surface area is 137 Å². The summed E-state index contributed by atoms with van der Waals surface area (Å²) in [5.74, 6) is 2.18. The average molecular weight is 324 g/mol. The van der Waals surface area contributed by atoms with E-state index in [2.05, 4.69) is 31.2 Å². The molecule has 6 heteroatoms. The zero-order valence-corrected chi connectivity index (χ0v) is 15.2. The second-order valence-corrected chi connectivity index (χ2v) is 7.50. The minimum atomic E-state index is 0.0710. The van der Waals surface area contributed by atoms with Crippen LogP contribution in [0.3, 0.4) is 0 Å². The first-order valence-electron chi connectivity index (χ1n) is 8.04. The number of carbonyl (C=O) groups excluding carboxylic acids is 1. The Morgan fingerprint density at radius 2 is 2.18 bits per heavy atom. The molecule has 2 heterocycles. The summed E-state index contributed by atoms with van der Waals surface area (Å²) >= 11 is 1.94. The van der Waals surface area contributed by atoms with Crippen molar-refractivity contribution in [2.75, 3.05) is 18.1 Å². The van der Waals surface area contributed by atoms with E-state index in [1.807, 2.05) is 35.3 Å². The lowest BCUT2D eigenvalue weighted by Crippen LogP contribution is -2.48. The van der Waals surface area contributed by atoms with Gasteiger partial charge in [-0.25, -0.2) is 4.79 Å². The van der Waals surface area contributed by atoms with Crippen LogP contribution in [-0.2, 0) is 13.5 Å². The van der Waals surface area contributed by atoms with E-state index in [1.54, 1.807) is 0 Å². The van der Waals surface area contributed by atoms with Crippen LogP contribution in [0.5, 0.6) is 0 Å². The third-order valence-corrected chi connectivity index (χ3v) is 5.48. The van der Waals surface area contributed by atoms with Crippen molar-refractivity contribution in [2.24, 2.45) is 7.05 Å². The van der Waals surface area contributed by atoms with Crippen LogP contribution in [0.25, 0.3) is 0 Å². The number of nitrogens with zero attached hydrogens (tertiary/aromatic N) is 3. The number of rotatable bonds is 3. The highest BCUT2D eigenvalue weighted by Gasteiger charge is 2.23. The molecule has 1 saturated heterocycles. The predicted molar refractivity (Wildman–Crippen MR) is 92.5 cm³/mol. The van der Waals surface area contributed by atoms with Crippen LogP contribution >= 0.6 is 11.8 Å². The van der Waals surface area contributed by atoms with E-state index in [0.717, 1.165) is 36.6 Å². The standard InChI is InChI=1S/C16H28N4OS/c1-11(10-15-13(3)18-19(5)14(15)4)17-16(21)20-7-9-22-8-6-12(20)2/h11-12H,6-10H2,1-5H3,(H,17,21)/t11-,12-/m0/s1. The molecule has 2 rings (SSSR count). The van der Waals surface area contributed by atoms with Gasteiger partial charge in [-0.2, -0.15) is 16.9 Å². The molecule has 1 aromatic heterocycles. The lowest BCUT2D eigenvalue weighted by molar-refractivity contribution is 0.180. The topological polar surface area (TPSA) is 50.2 Å². The molecule has 22 heavy (non-hydrogen) atoms. The van der Waals surface area contributed by atoms with Crippen molar-refractivity contribution in [3.8, 4) is 0 Å². The van der Waals surface area contributed by atoms with Crippen LogP contribution in [0.4, 0.5) is 4.79 Å². The van der Waals surface area contributed by atoms with Gasteiger partial charge in [-0.05, 0) is 51.9 Å². The summed E-state index contributed by atoms with van der Waals surface area (Å²) < 4.78 is 1.91. The fourth-order valence-electron chi connectivity index (χ4n) is 2.96. The molecule has 0 saturated carbocycles. The van der Waals surface area contributed by atoms with Gasteiger partial charge in [-0.1, -0.05) is 0 Å². The van der Waals surface area contributed by atoms with Crippen molar-refractivity contribution >= 4 is 17.8 Å². The molecule has 0 bridgehead atoms. The molecule has 124 valence electrons. The molecule has 1 fully saturated rings. The molecule has 1 N–H and O–H groups in total. The van der Waals surface area contributed by atoms with Gasteiger partial charge in [0.05, 0.1) is 5.69 Å². The second kappa shape index (κ2) is 7.40. The predicted octanol–water partition coefficient (Wildman–Crippen LogP) is 2.50. The number of aryl methyl sites for hydroxylation is 2. The Kier molecular flexibility index (Phi) is 5.78. The third-order valence-electron chi connectivity index (χ3n) is 4.49. The van der Waals surface area contributed by atoms with E-state index in [-0.39, 0.29) is 12.1 Å². The monoisotopic (exact) mass is 324 g/mol. The molecule has 0 unspecified atom stereocenters. The Bertz CT molecular complexity index is 528. The largest absolute Gasteiger partial charge is 0.335 e. The zero-order valence-electron chi connectivity index (χ0n) is 14.3. The molecule has 1 aliphatic heterocycles. The molecule has 5 nitrogen and oxygen atoms in total. The number of amides is 2. The van der Waals surface area contributed by atoms with Gasteiger partial charge >= 0.3 is 6.03 Å². The first-order chi connectivity index (χ1) is 10.4. The van der Waals surface area contributed by atoms with Crippen molar-refractivity contribution in [2.45, 2.75) is 52.6 Å². The summed E-state index contributed by atoms with van der Waals surface area (Å²) in [6.07, 6.45) is 1.90. The molecular formula is C16H28N4OS. The van der Waals surface area contributed by atoms with Crippen molar-refractivity contribution < 1.29 is 4.79 Å². The molecular weight excluding hydrogens is 296 g/mol.